The van der Waals surface area contributed by atoms with Gasteiger partial charge in [-0.05, 0) is 34.7 Å². The summed E-state index contributed by atoms with van der Waals surface area (Å²) in [7, 11) is 0. The summed E-state index contributed by atoms with van der Waals surface area (Å²) in [6.45, 7) is 5.91. The highest BCUT2D eigenvalue weighted by Gasteiger charge is 2.30. The van der Waals surface area contributed by atoms with E-state index < -0.39 is 18.1 Å². The summed E-state index contributed by atoms with van der Waals surface area (Å²) in [5.41, 5.74) is 1.92. The van der Waals surface area contributed by atoms with Crippen molar-refractivity contribution in [3.05, 3.63) is 101 Å². The molecule has 1 N–H and O–H groups in total. The van der Waals surface area contributed by atoms with Crippen LogP contribution in [0.2, 0.25) is 5.02 Å². The second-order valence-electron chi connectivity index (χ2n) is 8.49. The van der Waals surface area contributed by atoms with E-state index in [0.717, 1.165) is 11.1 Å². The van der Waals surface area contributed by atoms with Gasteiger partial charge in [0.15, 0.2) is 0 Å². The molecular formula is C26H26ClNO4S. The van der Waals surface area contributed by atoms with Gasteiger partial charge in [0.25, 0.3) is 5.91 Å². The Balaban J connectivity index is 1.65. The minimum Gasteiger partial charge on any atom is -0.274 e. The molecule has 2 amide bonds. The number of benzene rings is 3. The lowest BCUT2D eigenvalue weighted by molar-refractivity contribution is -0.296. The standard InChI is InChI=1S/C26H26ClNO4S/c1-26(2,3)23(19-12-8-5-9-13-19)31-32-25(30)28-24(29)21-16-20(27)14-15-22(21)33-17-18-10-6-4-7-11-18/h4-16,23H,17H2,1-3H3,(H,28,29,30). The zero-order valence-electron chi connectivity index (χ0n) is 18.7. The Labute approximate surface area is 203 Å². The van der Waals surface area contributed by atoms with E-state index in [9.17, 15) is 9.59 Å². The number of rotatable bonds is 7. The van der Waals surface area contributed by atoms with E-state index in [1.165, 1.54) is 17.8 Å². The van der Waals surface area contributed by atoms with Gasteiger partial charge in [0.1, 0.15) is 6.10 Å². The van der Waals surface area contributed by atoms with Gasteiger partial charge >= 0.3 is 6.09 Å². The molecule has 0 saturated carbocycles. The topological polar surface area (TPSA) is 64.6 Å². The van der Waals surface area contributed by atoms with Crippen molar-refractivity contribution < 1.29 is 19.4 Å². The van der Waals surface area contributed by atoms with Crippen LogP contribution in [0.3, 0.4) is 0 Å². The molecule has 0 bridgehead atoms. The maximum Gasteiger partial charge on any atom is 0.445 e. The van der Waals surface area contributed by atoms with Crippen LogP contribution in [-0.4, -0.2) is 12.0 Å². The van der Waals surface area contributed by atoms with Gasteiger partial charge in [0.05, 0.1) is 5.56 Å². The normalized spacial score (nSPS) is 12.1. The average Bonchev–Trinajstić information content (AvgIpc) is 2.79. The van der Waals surface area contributed by atoms with Gasteiger partial charge in [-0.15, -0.1) is 11.8 Å². The molecular weight excluding hydrogens is 458 g/mol. The Morgan fingerprint density at radius 1 is 0.970 bits per heavy atom. The predicted molar refractivity (Wildman–Crippen MR) is 131 cm³/mol. The first-order valence-electron chi connectivity index (χ1n) is 10.4. The fraction of sp³-hybridized carbons (Fsp3) is 0.231. The van der Waals surface area contributed by atoms with Crippen LogP contribution >= 0.6 is 23.4 Å². The fourth-order valence-electron chi connectivity index (χ4n) is 3.14. The molecule has 0 aliphatic heterocycles. The van der Waals surface area contributed by atoms with E-state index >= 15 is 0 Å². The molecule has 0 aliphatic carbocycles. The van der Waals surface area contributed by atoms with Gasteiger partial charge in [-0.1, -0.05) is 93.0 Å². The van der Waals surface area contributed by atoms with Crippen molar-refractivity contribution >= 4 is 35.4 Å². The van der Waals surface area contributed by atoms with Crippen LogP contribution in [0.25, 0.3) is 0 Å². The molecule has 0 heterocycles. The van der Waals surface area contributed by atoms with E-state index in [1.54, 1.807) is 12.1 Å². The smallest absolute Gasteiger partial charge is 0.274 e. The van der Waals surface area contributed by atoms with Crippen molar-refractivity contribution in [1.82, 2.24) is 5.32 Å². The lowest BCUT2D eigenvalue weighted by Gasteiger charge is -2.28. The molecule has 5 nitrogen and oxygen atoms in total. The number of halogens is 1. The van der Waals surface area contributed by atoms with Gasteiger partial charge in [-0.3, -0.25) is 15.0 Å². The Morgan fingerprint density at radius 2 is 1.61 bits per heavy atom. The summed E-state index contributed by atoms with van der Waals surface area (Å²) in [4.78, 5) is 36.3. The minimum atomic E-state index is -0.996. The van der Waals surface area contributed by atoms with Crippen molar-refractivity contribution in [3.8, 4) is 0 Å². The summed E-state index contributed by atoms with van der Waals surface area (Å²) in [5.74, 6) is 0.0503. The summed E-state index contributed by atoms with van der Waals surface area (Å²) >= 11 is 7.59. The van der Waals surface area contributed by atoms with Crippen LogP contribution in [-0.2, 0) is 15.5 Å². The first-order valence-corrected chi connectivity index (χ1v) is 11.8. The Bertz CT molecular complexity index is 1080. The molecule has 0 aliphatic rings. The molecule has 0 radical (unpaired) electrons. The van der Waals surface area contributed by atoms with Crippen molar-refractivity contribution in [1.29, 1.82) is 0 Å². The molecule has 172 valence electrons. The molecule has 3 rings (SSSR count). The molecule has 33 heavy (non-hydrogen) atoms. The van der Waals surface area contributed by atoms with Gasteiger partial charge in [0, 0.05) is 15.7 Å². The molecule has 3 aromatic rings. The van der Waals surface area contributed by atoms with Gasteiger partial charge in [0.2, 0.25) is 0 Å². The first kappa shape index (κ1) is 24.8. The number of amides is 2. The van der Waals surface area contributed by atoms with Crippen LogP contribution in [0.5, 0.6) is 0 Å². The lowest BCUT2D eigenvalue weighted by Crippen LogP contribution is -2.33. The van der Waals surface area contributed by atoms with Crippen LogP contribution in [0, 0.1) is 5.41 Å². The monoisotopic (exact) mass is 483 g/mol. The second-order valence-corrected chi connectivity index (χ2v) is 9.95. The van der Waals surface area contributed by atoms with Gasteiger partial charge < -0.3 is 0 Å². The fourth-order valence-corrected chi connectivity index (χ4v) is 4.30. The maximum absolute atomic E-state index is 12.8. The Kier molecular flexibility index (Phi) is 8.55. The van der Waals surface area contributed by atoms with E-state index in [2.05, 4.69) is 5.32 Å². The molecule has 3 aromatic carbocycles. The highest BCUT2D eigenvalue weighted by molar-refractivity contribution is 7.98. The van der Waals surface area contributed by atoms with Crippen molar-refractivity contribution in [3.63, 3.8) is 0 Å². The highest BCUT2D eigenvalue weighted by atomic mass is 35.5. The van der Waals surface area contributed by atoms with E-state index in [1.807, 2.05) is 81.4 Å². The quantitative estimate of drug-likeness (QED) is 0.218. The van der Waals surface area contributed by atoms with E-state index in [0.29, 0.717) is 15.7 Å². The summed E-state index contributed by atoms with van der Waals surface area (Å²) in [6, 6.07) is 24.3. The number of carbonyl (C=O) groups is 2. The first-order chi connectivity index (χ1) is 15.7. The summed E-state index contributed by atoms with van der Waals surface area (Å²) in [6.07, 6.45) is -1.51. The lowest BCUT2D eigenvalue weighted by atomic mass is 9.85. The van der Waals surface area contributed by atoms with Crippen LogP contribution in [0.4, 0.5) is 4.79 Å². The van der Waals surface area contributed by atoms with Crippen molar-refractivity contribution in [2.24, 2.45) is 5.41 Å². The Hall–Kier alpha value is -2.80. The molecule has 0 fully saturated rings. The van der Waals surface area contributed by atoms with Crippen molar-refractivity contribution in [2.75, 3.05) is 0 Å². The molecule has 1 atom stereocenters. The number of carbonyl (C=O) groups excluding carboxylic acids is 2. The van der Waals surface area contributed by atoms with E-state index in [-0.39, 0.29) is 11.0 Å². The number of imide groups is 1. The third kappa shape index (κ3) is 7.35. The zero-order valence-corrected chi connectivity index (χ0v) is 20.3. The number of nitrogens with one attached hydrogen (secondary N) is 1. The molecule has 7 heteroatoms. The summed E-state index contributed by atoms with van der Waals surface area (Å²) in [5, 5.41) is 2.62. The molecule has 0 saturated heterocycles. The molecule has 0 spiro atoms. The minimum absolute atomic E-state index is 0.288. The second kappa shape index (κ2) is 11.4. The molecule has 0 aromatic heterocycles. The SMILES string of the molecule is CC(C)(C)C(OOC(=O)NC(=O)c1cc(Cl)ccc1SCc1ccccc1)c1ccccc1. The summed E-state index contributed by atoms with van der Waals surface area (Å²) < 4.78 is 0. The Morgan fingerprint density at radius 3 is 2.24 bits per heavy atom. The van der Waals surface area contributed by atoms with Gasteiger partial charge in [-0.2, -0.15) is 4.89 Å². The third-order valence-electron chi connectivity index (χ3n) is 4.75. The average molecular weight is 484 g/mol. The largest absolute Gasteiger partial charge is 0.445 e. The molecule has 1 unspecified atom stereocenters. The van der Waals surface area contributed by atoms with E-state index in [4.69, 9.17) is 21.4 Å². The zero-order chi connectivity index (χ0) is 23.8. The highest BCUT2D eigenvalue weighted by Crippen LogP contribution is 2.36. The number of hydrogen-bond acceptors (Lipinski definition) is 5. The van der Waals surface area contributed by atoms with Crippen molar-refractivity contribution in [2.45, 2.75) is 37.5 Å². The van der Waals surface area contributed by atoms with Gasteiger partial charge in [-0.25, -0.2) is 4.79 Å². The maximum atomic E-state index is 12.8. The number of thioether (sulfide) groups is 1. The van der Waals surface area contributed by atoms with Crippen LogP contribution in [0.15, 0.2) is 83.8 Å². The predicted octanol–water partition coefficient (Wildman–Crippen LogP) is 7.22. The van der Waals surface area contributed by atoms with Crippen LogP contribution in [0.1, 0.15) is 48.4 Å². The van der Waals surface area contributed by atoms with Crippen LogP contribution < -0.4 is 5.32 Å². The number of hydrogen-bond donors (Lipinski definition) is 1. The third-order valence-corrected chi connectivity index (χ3v) is 6.13.